The normalized spacial score (nSPS) is 9.18. The molecule has 2 nitrogen and oxygen atoms in total. The predicted molar refractivity (Wildman–Crippen MR) is 41.8 cm³/mol. The summed E-state index contributed by atoms with van der Waals surface area (Å²) < 4.78 is 0. The monoisotopic (exact) mass is 168 g/mol. The molecule has 0 unspecified atom stereocenters. The summed E-state index contributed by atoms with van der Waals surface area (Å²) in [6.45, 7) is 0. The molecule has 1 aromatic carbocycles. The number of aldehydes is 1. The third-order valence-corrected chi connectivity index (χ3v) is 1.58. The van der Waals surface area contributed by atoms with E-state index in [1.54, 1.807) is 18.2 Å². The highest BCUT2D eigenvalue weighted by atomic mass is 35.5. The lowest BCUT2D eigenvalue weighted by molar-refractivity contribution is -0.104. The van der Waals surface area contributed by atoms with Crippen molar-refractivity contribution >= 4 is 23.7 Å². The molecule has 0 saturated heterocycles. The lowest BCUT2D eigenvalue weighted by Gasteiger charge is -1.94. The van der Waals surface area contributed by atoms with Crippen LogP contribution in [0.4, 0.5) is 0 Å². The van der Waals surface area contributed by atoms with Crippen LogP contribution in [-0.2, 0) is 4.79 Å². The van der Waals surface area contributed by atoms with Gasteiger partial charge < -0.3 is 0 Å². The Morgan fingerprint density at radius 2 is 2.00 bits per heavy atom. The van der Waals surface area contributed by atoms with Crippen molar-refractivity contribution in [2.45, 2.75) is 0 Å². The van der Waals surface area contributed by atoms with Gasteiger partial charge >= 0.3 is 0 Å². The van der Waals surface area contributed by atoms with Crippen LogP contribution in [0.25, 0.3) is 0 Å². The van der Waals surface area contributed by atoms with Crippen molar-refractivity contribution in [3.05, 3.63) is 34.9 Å². The Kier molecular flexibility index (Phi) is 2.39. The minimum atomic E-state index is -0.587. The van der Waals surface area contributed by atoms with Gasteiger partial charge in [0.05, 0.1) is 5.02 Å². The highest BCUT2D eigenvalue weighted by molar-refractivity contribution is 6.41. The molecule has 0 bridgehead atoms. The zero-order valence-corrected chi connectivity index (χ0v) is 6.34. The third kappa shape index (κ3) is 1.65. The van der Waals surface area contributed by atoms with Crippen molar-refractivity contribution in [2.75, 3.05) is 0 Å². The van der Waals surface area contributed by atoms with Crippen LogP contribution < -0.4 is 0 Å². The molecule has 0 amide bonds. The number of carbonyl (C=O) groups is 2. The van der Waals surface area contributed by atoms with Gasteiger partial charge in [-0.15, -0.1) is 0 Å². The first kappa shape index (κ1) is 7.95. The number of hydrogen-bond donors (Lipinski definition) is 0. The van der Waals surface area contributed by atoms with E-state index in [1.807, 2.05) is 0 Å². The van der Waals surface area contributed by atoms with E-state index < -0.39 is 5.78 Å². The Morgan fingerprint density at radius 1 is 1.36 bits per heavy atom. The standard InChI is InChI=1S/C8H5ClO2/c9-7-4-2-1-3-6(7)8(11)5-10/h1-5H. The van der Waals surface area contributed by atoms with E-state index in [9.17, 15) is 9.59 Å². The molecule has 1 aromatic rings. The molecule has 0 radical (unpaired) electrons. The first-order valence-corrected chi connectivity index (χ1v) is 3.37. The van der Waals surface area contributed by atoms with E-state index in [0.29, 0.717) is 5.02 Å². The van der Waals surface area contributed by atoms with E-state index in [0.717, 1.165) is 0 Å². The summed E-state index contributed by atoms with van der Waals surface area (Å²) in [6.07, 6.45) is 0.251. The summed E-state index contributed by atoms with van der Waals surface area (Å²) in [6, 6.07) is 6.43. The van der Waals surface area contributed by atoms with E-state index in [1.165, 1.54) is 6.07 Å². The van der Waals surface area contributed by atoms with E-state index in [2.05, 4.69) is 0 Å². The van der Waals surface area contributed by atoms with Crippen molar-refractivity contribution in [3.63, 3.8) is 0 Å². The van der Waals surface area contributed by atoms with E-state index in [-0.39, 0.29) is 11.8 Å². The highest BCUT2D eigenvalue weighted by Gasteiger charge is 2.06. The summed E-state index contributed by atoms with van der Waals surface area (Å²) >= 11 is 5.62. The summed E-state index contributed by atoms with van der Waals surface area (Å²) in [7, 11) is 0. The van der Waals surface area contributed by atoms with Crippen molar-refractivity contribution in [2.24, 2.45) is 0 Å². The van der Waals surface area contributed by atoms with Gasteiger partial charge in [-0.05, 0) is 12.1 Å². The van der Waals surface area contributed by atoms with Gasteiger partial charge in [0.15, 0.2) is 6.29 Å². The van der Waals surface area contributed by atoms with Crippen LogP contribution in [0, 0.1) is 0 Å². The Bertz CT molecular complexity index is 294. The minimum Gasteiger partial charge on any atom is -0.294 e. The van der Waals surface area contributed by atoms with Crippen molar-refractivity contribution < 1.29 is 9.59 Å². The van der Waals surface area contributed by atoms with Gasteiger partial charge in [-0.2, -0.15) is 0 Å². The van der Waals surface area contributed by atoms with E-state index in [4.69, 9.17) is 11.6 Å². The number of benzene rings is 1. The largest absolute Gasteiger partial charge is 0.294 e. The maximum Gasteiger partial charge on any atom is 0.226 e. The van der Waals surface area contributed by atoms with Gasteiger partial charge in [-0.1, -0.05) is 23.7 Å². The topological polar surface area (TPSA) is 34.1 Å². The van der Waals surface area contributed by atoms with Crippen molar-refractivity contribution in [1.29, 1.82) is 0 Å². The van der Waals surface area contributed by atoms with Gasteiger partial charge in [0.2, 0.25) is 5.78 Å². The molecule has 0 aromatic heterocycles. The molecular weight excluding hydrogens is 164 g/mol. The van der Waals surface area contributed by atoms with Gasteiger partial charge in [0.1, 0.15) is 0 Å². The molecule has 0 aliphatic rings. The zero-order valence-electron chi connectivity index (χ0n) is 5.58. The fourth-order valence-electron chi connectivity index (χ4n) is 0.725. The van der Waals surface area contributed by atoms with Gasteiger partial charge in [-0.25, -0.2) is 0 Å². The predicted octanol–water partition coefficient (Wildman–Crippen LogP) is 1.72. The number of Topliss-reactive ketones (excluding diaryl/α,β-unsaturated/α-hetero) is 1. The first-order chi connectivity index (χ1) is 5.25. The Labute approximate surface area is 68.8 Å². The number of rotatable bonds is 2. The average Bonchev–Trinajstić information content (AvgIpc) is 2.04. The molecule has 0 aliphatic carbocycles. The molecule has 0 saturated carbocycles. The number of halogens is 1. The molecule has 0 fully saturated rings. The van der Waals surface area contributed by atoms with Crippen LogP contribution in [0.1, 0.15) is 10.4 Å². The second-order valence-corrected chi connectivity index (χ2v) is 2.37. The van der Waals surface area contributed by atoms with Crippen LogP contribution in [0.2, 0.25) is 5.02 Å². The zero-order chi connectivity index (χ0) is 8.27. The molecule has 3 heteroatoms. The number of hydrogen-bond acceptors (Lipinski definition) is 2. The Morgan fingerprint density at radius 3 is 2.55 bits per heavy atom. The quantitative estimate of drug-likeness (QED) is 0.383. The lowest BCUT2D eigenvalue weighted by Crippen LogP contribution is -1.99. The lowest BCUT2D eigenvalue weighted by atomic mass is 10.1. The Hall–Kier alpha value is -1.15. The highest BCUT2D eigenvalue weighted by Crippen LogP contribution is 2.14. The molecule has 0 N–H and O–H groups in total. The van der Waals surface area contributed by atoms with Crippen molar-refractivity contribution in [3.8, 4) is 0 Å². The van der Waals surface area contributed by atoms with Crippen molar-refractivity contribution in [1.82, 2.24) is 0 Å². The summed E-state index contributed by atoms with van der Waals surface area (Å²) in [5.41, 5.74) is 0.254. The molecular formula is C8H5ClO2. The average molecular weight is 169 g/mol. The van der Waals surface area contributed by atoms with Crippen LogP contribution >= 0.6 is 11.6 Å². The smallest absolute Gasteiger partial charge is 0.226 e. The maximum atomic E-state index is 10.8. The fraction of sp³-hybridized carbons (Fsp3) is 0. The second-order valence-electron chi connectivity index (χ2n) is 1.96. The molecule has 1 rings (SSSR count). The van der Waals surface area contributed by atoms with Crippen LogP contribution in [-0.4, -0.2) is 12.1 Å². The van der Waals surface area contributed by atoms with Gasteiger partial charge in [0, 0.05) is 5.56 Å². The number of carbonyl (C=O) groups excluding carboxylic acids is 2. The van der Waals surface area contributed by atoms with E-state index >= 15 is 0 Å². The SMILES string of the molecule is O=CC(=O)c1ccccc1Cl. The van der Waals surface area contributed by atoms with Crippen LogP contribution in [0.15, 0.2) is 24.3 Å². The molecule has 0 atom stereocenters. The van der Waals surface area contributed by atoms with Gasteiger partial charge in [0.25, 0.3) is 0 Å². The maximum absolute atomic E-state index is 10.8. The second kappa shape index (κ2) is 3.30. The molecule has 0 heterocycles. The van der Waals surface area contributed by atoms with Gasteiger partial charge in [-0.3, -0.25) is 9.59 Å². The van der Waals surface area contributed by atoms with Crippen LogP contribution in [0.3, 0.4) is 0 Å². The first-order valence-electron chi connectivity index (χ1n) is 2.99. The van der Waals surface area contributed by atoms with Crippen LogP contribution in [0.5, 0.6) is 0 Å². The minimum absolute atomic E-state index is 0.251. The molecule has 0 aliphatic heterocycles. The summed E-state index contributed by atoms with van der Waals surface area (Å²) in [4.78, 5) is 20.8. The third-order valence-electron chi connectivity index (χ3n) is 1.25. The number of ketones is 1. The summed E-state index contributed by atoms with van der Waals surface area (Å²) in [5, 5.41) is 0.310. The molecule has 56 valence electrons. The summed E-state index contributed by atoms with van der Waals surface area (Å²) in [5.74, 6) is -0.587. The Balaban J connectivity index is 3.13. The fourth-order valence-corrected chi connectivity index (χ4v) is 0.953. The molecule has 11 heavy (non-hydrogen) atoms. The molecule has 0 spiro atoms.